The van der Waals surface area contributed by atoms with Crippen LogP contribution in [0.5, 0.6) is 0 Å². The van der Waals surface area contributed by atoms with Crippen molar-refractivity contribution in [3.63, 3.8) is 0 Å². The fourth-order valence-electron chi connectivity index (χ4n) is 2.17. The van der Waals surface area contributed by atoms with Gasteiger partial charge in [0.25, 0.3) is 0 Å². The molecule has 0 atom stereocenters. The van der Waals surface area contributed by atoms with E-state index in [2.05, 4.69) is 24.4 Å². The number of aliphatic hydroxyl groups is 1. The molecule has 0 aliphatic carbocycles. The molecule has 0 aliphatic heterocycles. The molecule has 0 saturated carbocycles. The summed E-state index contributed by atoms with van der Waals surface area (Å²) in [5.41, 5.74) is 4.54. The molecule has 0 unspecified atom stereocenters. The molecule has 0 heterocycles. The largest absolute Gasteiger partial charge is 0.515 e. The van der Waals surface area contributed by atoms with E-state index in [9.17, 15) is 0 Å². The Morgan fingerprint density at radius 1 is 1.18 bits per heavy atom. The molecule has 2 aromatic rings. The Balaban J connectivity index is 2.31. The lowest BCUT2D eigenvalue weighted by Crippen LogP contribution is -2.00. The molecule has 0 spiro atoms. The monoisotopic (exact) mass is 312 g/mol. The van der Waals surface area contributed by atoms with Crippen molar-refractivity contribution < 1.29 is 5.11 Å². The average molecular weight is 312 g/mol. The summed E-state index contributed by atoms with van der Waals surface area (Å²) in [6.07, 6.45) is 1.04. The van der Waals surface area contributed by atoms with Crippen LogP contribution in [0.15, 0.2) is 65.2 Å². The minimum absolute atomic E-state index is 0.597. The van der Waals surface area contributed by atoms with Crippen molar-refractivity contribution in [2.24, 2.45) is 4.99 Å². The first-order chi connectivity index (χ1) is 10.8. The summed E-state index contributed by atoms with van der Waals surface area (Å²) in [5, 5.41) is 14.6. The number of nitrogens with one attached hydrogen (secondary N) is 1. The lowest BCUT2D eigenvalue weighted by Gasteiger charge is -2.11. The second-order valence-corrected chi connectivity index (χ2v) is 5.64. The molecule has 22 heavy (non-hydrogen) atoms. The molecule has 0 saturated heterocycles. The van der Waals surface area contributed by atoms with Crippen LogP contribution in [0.3, 0.4) is 0 Å². The minimum Gasteiger partial charge on any atom is -0.515 e. The topological polar surface area (TPSA) is 44.6 Å². The number of hydrogen-bond acceptors (Lipinski definition) is 4. The van der Waals surface area contributed by atoms with Gasteiger partial charge in [0.1, 0.15) is 5.04 Å². The van der Waals surface area contributed by atoms with Crippen molar-refractivity contribution in [3.8, 4) is 0 Å². The van der Waals surface area contributed by atoms with Crippen LogP contribution in [-0.4, -0.2) is 17.2 Å². The van der Waals surface area contributed by atoms with E-state index in [4.69, 9.17) is 10.1 Å². The van der Waals surface area contributed by atoms with E-state index in [1.165, 1.54) is 22.9 Å². The predicted molar refractivity (Wildman–Crippen MR) is 96.8 cm³/mol. The number of nitrogens with zero attached hydrogens (tertiary/aromatic N) is 1. The van der Waals surface area contributed by atoms with Crippen LogP contribution in [0, 0.1) is 6.92 Å². The van der Waals surface area contributed by atoms with E-state index in [0.717, 1.165) is 22.6 Å². The summed E-state index contributed by atoms with van der Waals surface area (Å²) in [6, 6.07) is 16.2. The van der Waals surface area contributed by atoms with Gasteiger partial charge >= 0.3 is 0 Å². The van der Waals surface area contributed by atoms with Gasteiger partial charge in [-0.05, 0) is 24.1 Å². The lowest BCUT2D eigenvalue weighted by molar-refractivity contribution is 0.475. The van der Waals surface area contributed by atoms with Crippen LogP contribution in [-0.2, 0) is 6.54 Å². The molecule has 3 nitrogen and oxygen atoms in total. The molecule has 2 N–H and O–H groups in total. The maximum Gasteiger partial charge on any atom is 0.102 e. The summed E-state index contributed by atoms with van der Waals surface area (Å²) in [7, 11) is 1.92. The Morgan fingerprint density at radius 2 is 1.95 bits per heavy atom. The van der Waals surface area contributed by atoms with Crippen molar-refractivity contribution in [2.75, 3.05) is 12.4 Å². The van der Waals surface area contributed by atoms with Crippen molar-refractivity contribution in [3.05, 3.63) is 76.9 Å². The highest BCUT2D eigenvalue weighted by atomic mass is 32.2. The SMILES string of the molecule is CNc1cccc(C)c1CN=C(S/C=C/O)c1ccccc1. The Morgan fingerprint density at radius 3 is 2.64 bits per heavy atom. The Bertz CT molecular complexity index is 666. The molecule has 4 heteroatoms. The third-order valence-corrected chi connectivity index (χ3v) is 4.17. The summed E-state index contributed by atoms with van der Waals surface area (Å²) >= 11 is 1.41. The first-order valence-corrected chi connectivity index (χ1v) is 7.96. The maximum absolute atomic E-state index is 8.91. The average Bonchev–Trinajstić information content (AvgIpc) is 2.56. The Labute approximate surface area is 135 Å². The molecule has 2 aromatic carbocycles. The summed E-state index contributed by atoms with van der Waals surface area (Å²) in [4.78, 5) is 4.75. The van der Waals surface area contributed by atoms with Gasteiger partial charge in [0.2, 0.25) is 0 Å². The molecule has 0 amide bonds. The Hall–Kier alpha value is -2.20. The van der Waals surface area contributed by atoms with Gasteiger partial charge in [0, 0.05) is 23.7 Å². The van der Waals surface area contributed by atoms with Crippen LogP contribution >= 0.6 is 11.8 Å². The second kappa shape index (κ2) is 8.29. The molecule has 2 rings (SSSR count). The molecule has 0 aromatic heterocycles. The van der Waals surface area contributed by atoms with Gasteiger partial charge in [-0.15, -0.1) is 0 Å². The number of anilines is 1. The first-order valence-electron chi connectivity index (χ1n) is 7.08. The third kappa shape index (κ3) is 4.15. The van der Waals surface area contributed by atoms with Crippen molar-refractivity contribution in [1.82, 2.24) is 0 Å². The van der Waals surface area contributed by atoms with Crippen LogP contribution in [0.4, 0.5) is 5.69 Å². The van der Waals surface area contributed by atoms with Crippen LogP contribution in [0.1, 0.15) is 16.7 Å². The number of rotatable bonds is 5. The highest BCUT2D eigenvalue weighted by Crippen LogP contribution is 2.22. The lowest BCUT2D eigenvalue weighted by atomic mass is 10.1. The van der Waals surface area contributed by atoms with E-state index < -0.39 is 0 Å². The molecule has 0 aliphatic rings. The van der Waals surface area contributed by atoms with Gasteiger partial charge in [0.05, 0.1) is 12.8 Å². The molecular formula is C18H20N2OS. The van der Waals surface area contributed by atoms with E-state index in [-0.39, 0.29) is 0 Å². The van der Waals surface area contributed by atoms with E-state index in [1.54, 1.807) is 5.41 Å². The molecular weight excluding hydrogens is 292 g/mol. The van der Waals surface area contributed by atoms with Crippen molar-refractivity contribution in [1.29, 1.82) is 0 Å². The fourth-order valence-corrected chi connectivity index (χ4v) is 2.77. The van der Waals surface area contributed by atoms with E-state index in [1.807, 2.05) is 43.4 Å². The third-order valence-electron chi connectivity index (χ3n) is 3.32. The van der Waals surface area contributed by atoms with Gasteiger partial charge in [-0.1, -0.05) is 54.2 Å². The van der Waals surface area contributed by atoms with Gasteiger partial charge in [-0.25, -0.2) is 0 Å². The minimum atomic E-state index is 0.597. The van der Waals surface area contributed by atoms with Crippen LogP contribution in [0.25, 0.3) is 0 Å². The van der Waals surface area contributed by atoms with Crippen molar-refractivity contribution >= 4 is 22.5 Å². The highest BCUT2D eigenvalue weighted by molar-refractivity contribution is 8.16. The van der Waals surface area contributed by atoms with Gasteiger partial charge in [-0.3, -0.25) is 4.99 Å². The summed E-state index contributed by atoms with van der Waals surface area (Å²) in [6.45, 7) is 2.69. The number of aryl methyl sites for hydroxylation is 1. The number of benzene rings is 2. The van der Waals surface area contributed by atoms with Gasteiger partial charge < -0.3 is 10.4 Å². The number of aliphatic imine (C=N–C) groups is 1. The fraction of sp³-hybridized carbons (Fsp3) is 0.167. The zero-order valence-corrected chi connectivity index (χ0v) is 13.6. The maximum atomic E-state index is 8.91. The van der Waals surface area contributed by atoms with Crippen LogP contribution < -0.4 is 5.32 Å². The predicted octanol–water partition coefficient (Wildman–Crippen LogP) is 4.75. The standard InChI is InChI=1S/C18H20N2OS/c1-14-7-6-10-17(19-2)16(14)13-20-18(22-12-11-21)15-8-4-3-5-9-15/h3-12,19,21H,13H2,1-2H3/b12-11+,20-18?. The second-order valence-electron chi connectivity index (χ2n) is 4.74. The molecule has 0 fully saturated rings. The number of thioether (sulfide) groups is 1. The highest BCUT2D eigenvalue weighted by Gasteiger charge is 2.06. The number of hydrogen-bond donors (Lipinski definition) is 2. The zero-order valence-electron chi connectivity index (χ0n) is 12.8. The first kappa shape index (κ1) is 16.2. The van der Waals surface area contributed by atoms with Crippen LogP contribution in [0.2, 0.25) is 0 Å². The summed E-state index contributed by atoms with van der Waals surface area (Å²) in [5.74, 6) is 0. The molecule has 0 bridgehead atoms. The Kier molecular flexibility index (Phi) is 6.10. The van der Waals surface area contributed by atoms with Crippen molar-refractivity contribution in [2.45, 2.75) is 13.5 Å². The molecule has 114 valence electrons. The van der Waals surface area contributed by atoms with Gasteiger partial charge in [-0.2, -0.15) is 0 Å². The number of aliphatic hydroxyl groups excluding tert-OH is 1. The van der Waals surface area contributed by atoms with Gasteiger partial charge in [0.15, 0.2) is 0 Å². The molecule has 0 radical (unpaired) electrons. The van der Waals surface area contributed by atoms with E-state index >= 15 is 0 Å². The zero-order chi connectivity index (χ0) is 15.8. The summed E-state index contributed by atoms with van der Waals surface area (Å²) < 4.78 is 0. The quantitative estimate of drug-likeness (QED) is 0.476. The smallest absolute Gasteiger partial charge is 0.102 e. The van der Waals surface area contributed by atoms with E-state index in [0.29, 0.717) is 6.54 Å². The normalized spacial score (nSPS) is 11.8.